The van der Waals surface area contributed by atoms with Crippen LogP contribution in [0.15, 0.2) is 66.7 Å². The molecule has 0 aromatic heterocycles. The van der Waals surface area contributed by atoms with Crippen molar-refractivity contribution in [1.29, 1.82) is 0 Å². The SMILES string of the molecule is CC(C)(C)OC(=O)N1CC[C@@H]1C(=O)CCl.[C-]#[N+]c1cccc(CN2CC[C@@H]2[C@H](O)CNC(C)(C)Cc2ccc3ccccc3c2)c1. The van der Waals surface area contributed by atoms with Gasteiger partial charge in [0, 0.05) is 37.8 Å². The molecule has 9 heteroatoms. The Bertz CT molecular complexity index is 1550. The highest BCUT2D eigenvalue weighted by Crippen LogP contribution is 2.26. The number of halogens is 1. The summed E-state index contributed by atoms with van der Waals surface area (Å²) in [6.45, 7) is 19.9. The molecule has 3 aromatic rings. The number of carbonyl (C=O) groups is 2. The van der Waals surface area contributed by atoms with Gasteiger partial charge in [0.2, 0.25) is 0 Å². The van der Waals surface area contributed by atoms with Crippen molar-refractivity contribution in [3.63, 3.8) is 0 Å². The smallest absolute Gasteiger partial charge is 0.410 e. The zero-order valence-electron chi connectivity index (χ0n) is 27.6. The number of likely N-dealkylation sites (tertiary alicyclic amines) is 2. The molecule has 0 radical (unpaired) electrons. The predicted octanol–water partition coefficient (Wildman–Crippen LogP) is 6.74. The number of hydrogen-bond donors (Lipinski definition) is 2. The molecule has 1 amide bonds. The van der Waals surface area contributed by atoms with Crippen molar-refractivity contribution in [1.82, 2.24) is 15.1 Å². The fraction of sp³-hybridized carbons (Fsp3) is 0.486. The van der Waals surface area contributed by atoms with Gasteiger partial charge in [-0.15, -0.1) is 11.6 Å². The molecule has 3 aromatic carbocycles. The molecule has 5 rings (SSSR count). The number of rotatable bonds is 10. The molecule has 2 N–H and O–H groups in total. The quantitative estimate of drug-likeness (QED) is 0.187. The summed E-state index contributed by atoms with van der Waals surface area (Å²) < 4.78 is 5.16. The van der Waals surface area contributed by atoms with Crippen LogP contribution in [0.25, 0.3) is 15.6 Å². The van der Waals surface area contributed by atoms with Gasteiger partial charge in [-0.2, -0.15) is 0 Å². The second-order valence-electron chi connectivity index (χ2n) is 13.9. The number of aliphatic hydroxyl groups excluding tert-OH is 1. The summed E-state index contributed by atoms with van der Waals surface area (Å²) >= 11 is 5.43. The van der Waals surface area contributed by atoms with E-state index in [1.165, 1.54) is 21.2 Å². The Morgan fingerprint density at radius 3 is 2.35 bits per heavy atom. The van der Waals surface area contributed by atoms with Crippen LogP contribution >= 0.6 is 11.6 Å². The van der Waals surface area contributed by atoms with E-state index in [0.717, 1.165) is 31.5 Å². The van der Waals surface area contributed by atoms with Crippen molar-refractivity contribution in [3.8, 4) is 0 Å². The van der Waals surface area contributed by atoms with Gasteiger partial charge in [0.05, 0.1) is 24.6 Å². The molecule has 0 aliphatic carbocycles. The average molecular weight is 647 g/mol. The number of ketones is 1. The standard InChI is InChI=1S/C27H31N3O.C10H16ClNO3/c1-27(2,17-20-11-12-22-8-4-5-9-23(22)15-20)29-18-26(31)25-13-14-30(25)19-21-7-6-10-24(16-21)28-3;1-10(2,3)15-9(14)12-5-4-7(12)8(13)6-11/h4-12,15-16,25-26,29,31H,13-14,17-19H2,1-2H3;7H,4-6H2,1-3H3/t25-,26-;7-/m11/s1. The van der Waals surface area contributed by atoms with Crippen LogP contribution in [0, 0.1) is 6.57 Å². The van der Waals surface area contributed by atoms with Crippen LogP contribution in [0.4, 0.5) is 10.5 Å². The largest absolute Gasteiger partial charge is 0.444 e. The van der Waals surface area contributed by atoms with Gasteiger partial charge >= 0.3 is 6.09 Å². The monoisotopic (exact) mass is 646 g/mol. The lowest BCUT2D eigenvalue weighted by molar-refractivity contribution is -0.125. The van der Waals surface area contributed by atoms with Crippen LogP contribution in [0.1, 0.15) is 58.6 Å². The summed E-state index contributed by atoms with van der Waals surface area (Å²) in [5.74, 6) is -0.168. The Labute approximate surface area is 278 Å². The number of fused-ring (bicyclic) bond motifs is 1. The van der Waals surface area contributed by atoms with Gasteiger partial charge in [0.25, 0.3) is 0 Å². The van der Waals surface area contributed by atoms with E-state index >= 15 is 0 Å². The van der Waals surface area contributed by atoms with Gasteiger partial charge in [-0.25, -0.2) is 9.64 Å². The van der Waals surface area contributed by atoms with Crippen molar-refractivity contribution in [2.75, 3.05) is 25.5 Å². The first-order valence-corrected chi connectivity index (χ1v) is 16.5. The number of aliphatic hydroxyl groups is 1. The van der Waals surface area contributed by atoms with E-state index in [-0.39, 0.29) is 29.3 Å². The number of benzene rings is 3. The van der Waals surface area contributed by atoms with Crippen molar-refractivity contribution >= 4 is 39.9 Å². The minimum absolute atomic E-state index is 0.0516. The minimum atomic E-state index is -0.527. The Kier molecular flexibility index (Phi) is 11.8. The van der Waals surface area contributed by atoms with E-state index in [1.54, 1.807) is 20.8 Å². The molecular formula is C37H47ClN4O4. The van der Waals surface area contributed by atoms with Gasteiger partial charge in [-0.3, -0.25) is 14.6 Å². The molecule has 2 heterocycles. The first kappa shape index (κ1) is 35.4. The fourth-order valence-electron chi connectivity index (χ4n) is 5.84. The lowest BCUT2D eigenvalue weighted by Gasteiger charge is -2.44. The number of carbonyl (C=O) groups excluding carboxylic acids is 2. The molecule has 0 saturated carbocycles. The molecule has 246 valence electrons. The second kappa shape index (κ2) is 15.4. The molecule has 0 spiro atoms. The molecule has 3 atom stereocenters. The number of nitrogens with one attached hydrogen (secondary N) is 1. The minimum Gasteiger partial charge on any atom is -0.444 e. The Morgan fingerprint density at radius 2 is 1.74 bits per heavy atom. The highest BCUT2D eigenvalue weighted by atomic mass is 35.5. The highest BCUT2D eigenvalue weighted by molar-refractivity contribution is 6.28. The van der Waals surface area contributed by atoms with Crippen LogP contribution in [-0.2, 0) is 22.5 Å². The second-order valence-corrected chi connectivity index (χ2v) is 14.1. The number of β-amino-alcohol motifs (C(OH)–C–C–N with tert-alkyl or cyclic N) is 1. The number of hydrogen-bond acceptors (Lipinski definition) is 6. The lowest BCUT2D eigenvalue weighted by Crippen LogP contribution is -2.57. The Morgan fingerprint density at radius 1 is 1.00 bits per heavy atom. The summed E-state index contributed by atoms with van der Waals surface area (Å²) in [4.78, 5) is 30.1. The normalized spacial score (nSPS) is 18.8. The summed E-state index contributed by atoms with van der Waals surface area (Å²) in [5.41, 5.74) is 2.47. The van der Waals surface area contributed by atoms with Crippen molar-refractivity contribution in [2.45, 2.75) is 89.8 Å². The summed E-state index contributed by atoms with van der Waals surface area (Å²) in [6, 6.07) is 22.7. The Balaban J connectivity index is 0.000000270. The first-order valence-electron chi connectivity index (χ1n) is 16.0. The molecule has 8 nitrogen and oxygen atoms in total. The van der Waals surface area contributed by atoms with E-state index in [0.29, 0.717) is 25.2 Å². The van der Waals surface area contributed by atoms with Gasteiger partial charge < -0.3 is 15.2 Å². The maximum absolute atomic E-state index is 11.6. The van der Waals surface area contributed by atoms with Gasteiger partial charge in [-0.1, -0.05) is 66.7 Å². The summed E-state index contributed by atoms with van der Waals surface area (Å²) in [5, 5.41) is 17.0. The number of amides is 1. The molecular weight excluding hydrogens is 600 g/mol. The van der Waals surface area contributed by atoms with Crippen molar-refractivity contribution < 1.29 is 19.4 Å². The molecule has 2 aliphatic rings. The van der Waals surface area contributed by atoms with Crippen LogP contribution in [0.5, 0.6) is 0 Å². The topological polar surface area (TPSA) is 86.5 Å². The molecule has 0 unspecified atom stereocenters. The van der Waals surface area contributed by atoms with Crippen LogP contribution < -0.4 is 5.32 Å². The third-order valence-corrected chi connectivity index (χ3v) is 8.71. The van der Waals surface area contributed by atoms with E-state index in [4.69, 9.17) is 22.9 Å². The first-order chi connectivity index (χ1) is 21.8. The Hall–Kier alpha value is -3.48. The molecule has 0 bridgehead atoms. The summed E-state index contributed by atoms with van der Waals surface area (Å²) in [7, 11) is 0. The van der Waals surface area contributed by atoms with Gasteiger partial charge in [0.1, 0.15) is 5.60 Å². The fourth-order valence-corrected chi connectivity index (χ4v) is 6.02. The van der Waals surface area contributed by atoms with E-state index in [9.17, 15) is 14.7 Å². The third kappa shape index (κ3) is 9.76. The molecule has 2 saturated heterocycles. The number of alkyl halides is 1. The van der Waals surface area contributed by atoms with Crippen LogP contribution in [-0.4, -0.2) is 81.6 Å². The zero-order chi connectivity index (χ0) is 33.5. The van der Waals surface area contributed by atoms with Crippen molar-refractivity contribution in [2.24, 2.45) is 0 Å². The number of nitrogens with zero attached hydrogens (tertiary/aromatic N) is 3. The zero-order valence-corrected chi connectivity index (χ0v) is 28.4. The molecule has 46 heavy (non-hydrogen) atoms. The maximum atomic E-state index is 11.6. The average Bonchev–Trinajstić information content (AvgIpc) is 2.97. The van der Waals surface area contributed by atoms with E-state index in [2.05, 4.69) is 77.4 Å². The lowest BCUT2D eigenvalue weighted by atomic mass is 9.91. The molecule has 2 fully saturated rings. The van der Waals surface area contributed by atoms with Gasteiger partial charge in [0.15, 0.2) is 11.5 Å². The van der Waals surface area contributed by atoms with Crippen molar-refractivity contribution in [3.05, 3.63) is 89.3 Å². The number of ether oxygens (including phenoxy) is 1. The maximum Gasteiger partial charge on any atom is 0.410 e. The van der Waals surface area contributed by atoms with Crippen LogP contribution in [0.2, 0.25) is 0 Å². The molecule has 2 aliphatic heterocycles. The highest BCUT2D eigenvalue weighted by Gasteiger charge is 2.39. The summed E-state index contributed by atoms with van der Waals surface area (Å²) in [6.07, 6.45) is 1.76. The van der Waals surface area contributed by atoms with Crippen LogP contribution in [0.3, 0.4) is 0 Å². The van der Waals surface area contributed by atoms with E-state index < -0.39 is 17.8 Å². The van der Waals surface area contributed by atoms with E-state index in [1.807, 2.05) is 18.2 Å². The predicted molar refractivity (Wildman–Crippen MR) is 184 cm³/mol. The van der Waals surface area contributed by atoms with Gasteiger partial charge in [-0.05, 0) is 75.8 Å². The number of Topliss-reactive ketones (excluding diaryl/α,β-unsaturated/α-hetero) is 1. The third-order valence-electron chi connectivity index (χ3n) is 8.45.